The third kappa shape index (κ3) is 4.94. The molecule has 3 N–H and O–H groups in total. The number of nitrogens with zero attached hydrogens (tertiary/aromatic N) is 1. The minimum absolute atomic E-state index is 0.0895. The number of nitrogens with two attached hydrogens (primary N) is 1. The summed E-state index contributed by atoms with van der Waals surface area (Å²) in [6, 6.07) is 0.212. The highest BCUT2D eigenvalue weighted by Crippen LogP contribution is 2.05. The third-order valence-corrected chi connectivity index (χ3v) is 2.83. The van der Waals surface area contributed by atoms with Gasteiger partial charge in [-0.15, -0.1) is 0 Å². The van der Waals surface area contributed by atoms with E-state index in [4.69, 9.17) is 5.73 Å². The Balaban J connectivity index is 3.84. The Hall–Kier alpha value is -0.120. The van der Waals surface area contributed by atoms with Gasteiger partial charge < -0.3 is 10.8 Å². The molecule has 0 fully saturated rings. The summed E-state index contributed by atoms with van der Waals surface area (Å²) in [5.74, 6) is 0. The molecule has 86 valence electrons. The molecule has 2 atom stereocenters. The van der Waals surface area contributed by atoms with Crippen LogP contribution in [0.15, 0.2) is 0 Å². The fourth-order valence-electron chi connectivity index (χ4n) is 1.65. The van der Waals surface area contributed by atoms with Gasteiger partial charge in [0.25, 0.3) is 0 Å². The van der Waals surface area contributed by atoms with E-state index in [-0.39, 0.29) is 18.7 Å². The summed E-state index contributed by atoms with van der Waals surface area (Å²) in [6.45, 7) is 5.46. The van der Waals surface area contributed by atoms with Gasteiger partial charge in [-0.05, 0) is 26.4 Å². The van der Waals surface area contributed by atoms with Crippen LogP contribution >= 0.6 is 0 Å². The maximum Gasteiger partial charge on any atom is 0.0601 e. The molecule has 2 unspecified atom stereocenters. The topological polar surface area (TPSA) is 49.5 Å². The van der Waals surface area contributed by atoms with Crippen molar-refractivity contribution >= 4 is 0 Å². The first kappa shape index (κ1) is 13.9. The van der Waals surface area contributed by atoms with Gasteiger partial charge in [-0.1, -0.05) is 26.7 Å². The Morgan fingerprint density at radius 3 is 2.36 bits per heavy atom. The van der Waals surface area contributed by atoms with Crippen LogP contribution in [-0.2, 0) is 0 Å². The van der Waals surface area contributed by atoms with Crippen molar-refractivity contribution in [3.63, 3.8) is 0 Å². The highest BCUT2D eigenvalue weighted by atomic mass is 16.3. The molecule has 0 rings (SSSR count). The number of aliphatic hydroxyl groups is 1. The van der Waals surface area contributed by atoms with Crippen molar-refractivity contribution in [3.05, 3.63) is 0 Å². The predicted octanol–water partition coefficient (Wildman–Crippen LogP) is 1.21. The van der Waals surface area contributed by atoms with Crippen LogP contribution in [0.3, 0.4) is 0 Å². The van der Waals surface area contributed by atoms with Crippen LogP contribution in [-0.4, -0.2) is 42.3 Å². The highest BCUT2D eigenvalue weighted by Gasteiger charge is 2.19. The van der Waals surface area contributed by atoms with Crippen LogP contribution in [0.25, 0.3) is 0 Å². The smallest absolute Gasteiger partial charge is 0.0601 e. The van der Waals surface area contributed by atoms with Crippen molar-refractivity contribution in [2.45, 2.75) is 51.6 Å². The second kappa shape index (κ2) is 8.21. The van der Waals surface area contributed by atoms with E-state index in [9.17, 15) is 5.11 Å². The minimum atomic E-state index is 0.0895. The maximum absolute atomic E-state index is 9.23. The number of hydrogen-bond acceptors (Lipinski definition) is 3. The summed E-state index contributed by atoms with van der Waals surface area (Å²) in [4.78, 5) is 2.18. The molecule has 0 radical (unpaired) electrons. The molecular weight excluding hydrogens is 176 g/mol. The van der Waals surface area contributed by atoms with Gasteiger partial charge in [0.15, 0.2) is 0 Å². The predicted molar refractivity (Wildman–Crippen MR) is 61.3 cm³/mol. The molecular formula is C11H26N2O. The van der Waals surface area contributed by atoms with Crippen molar-refractivity contribution in [2.24, 2.45) is 5.73 Å². The van der Waals surface area contributed by atoms with Crippen molar-refractivity contribution in [2.75, 3.05) is 20.2 Å². The molecule has 0 bridgehead atoms. The Morgan fingerprint density at radius 1 is 1.29 bits per heavy atom. The molecule has 0 amide bonds. The molecule has 3 heteroatoms. The fourth-order valence-corrected chi connectivity index (χ4v) is 1.65. The van der Waals surface area contributed by atoms with Crippen LogP contribution in [0.1, 0.15) is 39.5 Å². The van der Waals surface area contributed by atoms with E-state index in [0.29, 0.717) is 0 Å². The van der Waals surface area contributed by atoms with Crippen LogP contribution < -0.4 is 5.73 Å². The van der Waals surface area contributed by atoms with Crippen LogP contribution in [0.2, 0.25) is 0 Å². The summed E-state index contributed by atoms with van der Waals surface area (Å²) in [5.41, 5.74) is 5.93. The molecule has 0 aliphatic rings. The van der Waals surface area contributed by atoms with Gasteiger partial charge in [0.05, 0.1) is 6.61 Å². The fraction of sp³-hybridized carbons (Fsp3) is 1.00. The molecule has 0 saturated heterocycles. The molecule has 0 aliphatic carbocycles. The zero-order valence-corrected chi connectivity index (χ0v) is 9.87. The number of rotatable bonds is 8. The highest BCUT2D eigenvalue weighted by molar-refractivity contribution is 4.78. The Kier molecular flexibility index (Phi) is 8.14. The average Bonchev–Trinajstić information content (AvgIpc) is 2.19. The normalized spacial score (nSPS) is 15.9. The lowest BCUT2D eigenvalue weighted by molar-refractivity contribution is 0.123. The molecule has 0 aromatic heterocycles. The first-order chi connectivity index (χ1) is 6.67. The summed E-state index contributed by atoms with van der Waals surface area (Å²) < 4.78 is 0. The molecule has 0 aliphatic heterocycles. The van der Waals surface area contributed by atoms with E-state index in [1.807, 2.05) is 7.05 Å². The van der Waals surface area contributed by atoms with E-state index in [1.165, 1.54) is 19.3 Å². The summed E-state index contributed by atoms with van der Waals surface area (Å²) in [6.07, 6.45) is 4.60. The lowest BCUT2D eigenvalue weighted by Crippen LogP contribution is -2.48. The zero-order valence-electron chi connectivity index (χ0n) is 9.87. The van der Waals surface area contributed by atoms with Crippen molar-refractivity contribution in [3.8, 4) is 0 Å². The monoisotopic (exact) mass is 202 g/mol. The number of hydrogen-bond donors (Lipinski definition) is 2. The average molecular weight is 202 g/mol. The van der Waals surface area contributed by atoms with E-state index >= 15 is 0 Å². The SMILES string of the molecule is CCCCCN(C)C(CO)C(N)CC. The summed E-state index contributed by atoms with van der Waals surface area (Å²) in [7, 11) is 2.05. The Morgan fingerprint density at radius 2 is 1.93 bits per heavy atom. The third-order valence-electron chi connectivity index (χ3n) is 2.83. The van der Waals surface area contributed by atoms with Crippen LogP contribution in [0.5, 0.6) is 0 Å². The first-order valence-electron chi connectivity index (χ1n) is 5.74. The van der Waals surface area contributed by atoms with Crippen molar-refractivity contribution in [1.82, 2.24) is 4.90 Å². The van der Waals surface area contributed by atoms with Gasteiger partial charge in [-0.3, -0.25) is 4.90 Å². The minimum Gasteiger partial charge on any atom is -0.395 e. The number of likely N-dealkylation sites (N-methyl/N-ethyl adjacent to an activating group) is 1. The molecule has 14 heavy (non-hydrogen) atoms. The van der Waals surface area contributed by atoms with Gasteiger partial charge in [0.2, 0.25) is 0 Å². The van der Waals surface area contributed by atoms with Crippen LogP contribution in [0, 0.1) is 0 Å². The molecule has 0 spiro atoms. The van der Waals surface area contributed by atoms with Gasteiger partial charge in [0.1, 0.15) is 0 Å². The van der Waals surface area contributed by atoms with E-state index in [2.05, 4.69) is 18.7 Å². The van der Waals surface area contributed by atoms with E-state index < -0.39 is 0 Å². The first-order valence-corrected chi connectivity index (χ1v) is 5.74. The Bertz CT molecular complexity index is 130. The van der Waals surface area contributed by atoms with Gasteiger partial charge in [-0.25, -0.2) is 0 Å². The number of unbranched alkanes of at least 4 members (excludes halogenated alkanes) is 2. The van der Waals surface area contributed by atoms with Gasteiger partial charge in [0, 0.05) is 12.1 Å². The molecule has 0 heterocycles. The lowest BCUT2D eigenvalue weighted by Gasteiger charge is -2.30. The van der Waals surface area contributed by atoms with Crippen LogP contribution in [0.4, 0.5) is 0 Å². The molecule has 0 aromatic carbocycles. The lowest BCUT2D eigenvalue weighted by atomic mass is 10.1. The maximum atomic E-state index is 9.23. The van der Waals surface area contributed by atoms with Gasteiger partial charge in [-0.2, -0.15) is 0 Å². The number of aliphatic hydroxyl groups excluding tert-OH is 1. The van der Waals surface area contributed by atoms with Gasteiger partial charge >= 0.3 is 0 Å². The quantitative estimate of drug-likeness (QED) is 0.582. The molecule has 0 aromatic rings. The summed E-state index contributed by atoms with van der Waals surface area (Å²) in [5, 5.41) is 9.23. The largest absolute Gasteiger partial charge is 0.395 e. The van der Waals surface area contributed by atoms with Crippen molar-refractivity contribution < 1.29 is 5.11 Å². The second-order valence-corrected chi connectivity index (χ2v) is 4.01. The summed E-state index contributed by atoms with van der Waals surface area (Å²) >= 11 is 0. The second-order valence-electron chi connectivity index (χ2n) is 4.01. The zero-order chi connectivity index (χ0) is 11.0. The molecule has 0 saturated carbocycles. The Labute approximate surface area is 88.3 Å². The van der Waals surface area contributed by atoms with Crippen molar-refractivity contribution in [1.29, 1.82) is 0 Å². The standard InChI is InChI=1S/C11H26N2O/c1-4-6-7-8-13(3)11(9-14)10(12)5-2/h10-11,14H,4-9,12H2,1-3H3. The van der Waals surface area contributed by atoms with E-state index in [1.54, 1.807) is 0 Å². The van der Waals surface area contributed by atoms with E-state index in [0.717, 1.165) is 13.0 Å². The molecule has 3 nitrogen and oxygen atoms in total.